The Morgan fingerprint density at radius 3 is 2.48 bits per heavy atom. The second-order valence-corrected chi connectivity index (χ2v) is 6.91. The molecule has 1 amide bonds. The van der Waals surface area contributed by atoms with Crippen molar-refractivity contribution in [1.29, 1.82) is 0 Å². The van der Waals surface area contributed by atoms with E-state index in [0.29, 0.717) is 21.6 Å². The van der Waals surface area contributed by atoms with Gasteiger partial charge in [-0.15, -0.1) is 0 Å². The van der Waals surface area contributed by atoms with Crippen LogP contribution in [0.5, 0.6) is 0 Å². The summed E-state index contributed by atoms with van der Waals surface area (Å²) in [6.45, 7) is 0. The predicted octanol–water partition coefficient (Wildman–Crippen LogP) is 2.72. The van der Waals surface area contributed by atoms with Crippen molar-refractivity contribution in [1.82, 2.24) is 4.98 Å². The minimum atomic E-state index is -4.03. The maximum atomic E-state index is 12.7. The van der Waals surface area contributed by atoms with E-state index in [-0.39, 0.29) is 10.6 Å². The number of nitrogens with two attached hydrogens (primary N) is 1. The zero-order valence-electron chi connectivity index (χ0n) is 11.7. The lowest BCUT2D eigenvalue weighted by Gasteiger charge is -2.08. The van der Waals surface area contributed by atoms with Crippen LogP contribution in [0.1, 0.15) is 10.5 Å². The van der Waals surface area contributed by atoms with Gasteiger partial charge >= 0.3 is 0 Å². The number of primary amides is 1. The van der Waals surface area contributed by atoms with E-state index in [1.807, 2.05) is 0 Å². The number of benzene rings is 2. The SMILES string of the molecule is NC(=O)c1[nH]c2ccc(Cl)cc2c1S(=O)(=O)Nc1ccccc1. The Bertz CT molecular complexity index is 997. The Labute approximate surface area is 137 Å². The van der Waals surface area contributed by atoms with E-state index in [2.05, 4.69) is 9.71 Å². The second-order valence-electron chi connectivity index (χ2n) is 4.85. The molecular formula is C15H12ClN3O3S. The van der Waals surface area contributed by atoms with Crippen molar-refractivity contribution in [2.75, 3.05) is 4.72 Å². The average Bonchev–Trinajstić information content (AvgIpc) is 2.87. The van der Waals surface area contributed by atoms with Gasteiger partial charge in [-0.3, -0.25) is 9.52 Å². The van der Waals surface area contributed by atoms with Crippen molar-refractivity contribution < 1.29 is 13.2 Å². The molecule has 0 fully saturated rings. The van der Waals surface area contributed by atoms with E-state index in [4.69, 9.17) is 17.3 Å². The highest BCUT2D eigenvalue weighted by molar-refractivity contribution is 7.93. The summed E-state index contributed by atoms with van der Waals surface area (Å²) in [5.74, 6) is -0.870. The summed E-state index contributed by atoms with van der Waals surface area (Å²) in [7, 11) is -4.03. The fourth-order valence-corrected chi connectivity index (χ4v) is 3.90. The minimum absolute atomic E-state index is 0.189. The zero-order chi connectivity index (χ0) is 16.6. The number of amides is 1. The number of aromatic amines is 1. The molecule has 0 bridgehead atoms. The van der Waals surface area contributed by atoms with Crippen LogP contribution in [-0.4, -0.2) is 19.3 Å². The molecule has 4 N–H and O–H groups in total. The zero-order valence-corrected chi connectivity index (χ0v) is 13.3. The maximum Gasteiger partial charge on any atom is 0.266 e. The van der Waals surface area contributed by atoms with Gasteiger partial charge in [-0.1, -0.05) is 29.8 Å². The van der Waals surface area contributed by atoms with Crippen molar-refractivity contribution in [3.8, 4) is 0 Å². The van der Waals surface area contributed by atoms with Gasteiger partial charge in [0, 0.05) is 21.6 Å². The van der Waals surface area contributed by atoms with Crippen LogP contribution in [0, 0.1) is 0 Å². The summed E-state index contributed by atoms with van der Waals surface area (Å²) in [6, 6.07) is 13.0. The van der Waals surface area contributed by atoms with Crippen molar-refractivity contribution >= 4 is 44.1 Å². The maximum absolute atomic E-state index is 12.7. The van der Waals surface area contributed by atoms with Gasteiger partial charge in [0.1, 0.15) is 10.6 Å². The molecule has 0 saturated carbocycles. The number of H-pyrrole nitrogens is 1. The monoisotopic (exact) mass is 349 g/mol. The molecule has 1 aromatic heterocycles. The van der Waals surface area contributed by atoms with Crippen LogP contribution in [0.25, 0.3) is 10.9 Å². The van der Waals surface area contributed by atoms with E-state index in [0.717, 1.165) is 0 Å². The van der Waals surface area contributed by atoms with E-state index in [9.17, 15) is 13.2 Å². The number of nitrogens with one attached hydrogen (secondary N) is 2. The fourth-order valence-electron chi connectivity index (χ4n) is 2.30. The summed E-state index contributed by atoms with van der Waals surface area (Å²) in [5, 5.41) is 0.651. The number of aromatic nitrogens is 1. The number of hydrogen-bond donors (Lipinski definition) is 3. The fraction of sp³-hybridized carbons (Fsp3) is 0. The van der Waals surface area contributed by atoms with Gasteiger partial charge in [0.15, 0.2) is 0 Å². The molecule has 0 unspecified atom stereocenters. The van der Waals surface area contributed by atoms with Crippen LogP contribution in [-0.2, 0) is 10.0 Å². The van der Waals surface area contributed by atoms with E-state index >= 15 is 0 Å². The molecule has 0 spiro atoms. The van der Waals surface area contributed by atoms with Gasteiger partial charge in [0.05, 0.1) is 0 Å². The molecule has 0 aliphatic carbocycles. The van der Waals surface area contributed by atoms with Gasteiger partial charge in [0.25, 0.3) is 15.9 Å². The summed E-state index contributed by atoms with van der Waals surface area (Å²) in [4.78, 5) is 14.2. The molecule has 1 heterocycles. The van der Waals surface area contributed by atoms with Crippen LogP contribution >= 0.6 is 11.6 Å². The van der Waals surface area contributed by atoms with Crippen molar-refractivity contribution in [2.45, 2.75) is 4.90 Å². The summed E-state index contributed by atoms with van der Waals surface area (Å²) in [6.07, 6.45) is 0. The third-order valence-corrected chi connectivity index (χ3v) is 4.96. The van der Waals surface area contributed by atoms with Crippen molar-refractivity contribution in [3.63, 3.8) is 0 Å². The first-order chi connectivity index (χ1) is 10.9. The smallest absolute Gasteiger partial charge is 0.266 e. The Kier molecular flexibility index (Phi) is 3.75. The van der Waals surface area contributed by atoms with Crippen LogP contribution in [0.2, 0.25) is 5.02 Å². The molecule has 3 rings (SSSR count). The summed E-state index contributed by atoms with van der Waals surface area (Å²) in [5.41, 5.74) is 5.95. The quantitative estimate of drug-likeness (QED) is 0.674. The third-order valence-electron chi connectivity index (χ3n) is 3.25. The van der Waals surface area contributed by atoms with Crippen molar-refractivity contribution in [2.24, 2.45) is 5.73 Å². The number of para-hydroxylation sites is 1. The lowest BCUT2D eigenvalue weighted by Crippen LogP contribution is -2.19. The number of sulfonamides is 1. The third kappa shape index (κ3) is 2.88. The highest BCUT2D eigenvalue weighted by Crippen LogP contribution is 2.30. The minimum Gasteiger partial charge on any atom is -0.364 e. The number of fused-ring (bicyclic) bond motifs is 1. The van der Waals surface area contributed by atoms with E-state index in [1.54, 1.807) is 42.5 Å². The normalized spacial score (nSPS) is 11.5. The number of hydrogen-bond acceptors (Lipinski definition) is 3. The average molecular weight is 350 g/mol. The molecule has 23 heavy (non-hydrogen) atoms. The number of halogens is 1. The molecule has 3 aromatic rings. The second kappa shape index (κ2) is 5.60. The molecule has 0 radical (unpaired) electrons. The Morgan fingerprint density at radius 2 is 1.83 bits per heavy atom. The first kappa shape index (κ1) is 15.4. The van der Waals surface area contributed by atoms with E-state index < -0.39 is 15.9 Å². The van der Waals surface area contributed by atoms with Gasteiger partial charge in [-0.05, 0) is 30.3 Å². The van der Waals surface area contributed by atoms with Crippen LogP contribution in [0.15, 0.2) is 53.4 Å². The van der Waals surface area contributed by atoms with Crippen LogP contribution in [0.4, 0.5) is 5.69 Å². The number of anilines is 1. The largest absolute Gasteiger partial charge is 0.364 e. The molecular weight excluding hydrogens is 338 g/mol. The topological polar surface area (TPSA) is 105 Å². The Balaban J connectivity index is 2.22. The molecule has 0 atom stereocenters. The first-order valence-electron chi connectivity index (χ1n) is 6.57. The lowest BCUT2D eigenvalue weighted by atomic mass is 10.2. The number of carbonyl (C=O) groups excluding carboxylic acids is 1. The highest BCUT2D eigenvalue weighted by Gasteiger charge is 2.27. The molecule has 0 aliphatic heterocycles. The standard InChI is InChI=1S/C15H12ClN3O3S/c16-9-6-7-12-11(8-9)14(13(18-12)15(17)20)23(21,22)19-10-4-2-1-3-5-10/h1-8,18-19H,(H2,17,20). The lowest BCUT2D eigenvalue weighted by molar-refractivity contribution is 0.0993. The van der Waals surface area contributed by atoms with Gasteiger partial charge in [-0.2, -0.15) is 0 Å². The van der Waals surface area contributed by atoms with E-state index in [1.165, 1.54) is 6.07 Å². The van der Waals surface area contributed by atoms with Crippen LogP contribution in [0.3, 0.4) is 0 Å². The molecule has 6 nitrogen and oxygen atoms in total. The van der Waals surface area contributed by atoms with Gasteiger partial charge in [0.2, 0.25) is 0 Å². The Hall–Kier alpha value is -2.51. The molecule has 8 heteroatoms. The molecule has 2 aromatic carbocycles. The number of rotatable bonds is 4. The summed E-state index contributed by atoms with van der Waals surface area (Å²) >= 11 is 5.94. The summed E-state index contributed by atoms with van der Waals surface area (Å²) < 4.78 is 27.9. The first-order valence-corrected chi connectivity index (χ1v) is 8.43. The molecule has 0 aliphatic rings. The highest BCUT2D eigenvalue weighted by atomic mass is 35.5. The molecule has 0 saturated heterocycles. The number of carbonyl (C=O) groups is 1. The van der Waals surface area contributed by atoms with Crippen molar-refractivity contribution in [3.05, 3.63) is 59.2 Å². The van der Waals surface area contributed by atoms with Gasteiger partial charge in [-0.25, -0.2) is 8.42 Å². The Morgan fingerprint density at radius 1 is 1.13 bits per heavy atom. The molecule has 118 valence electrons. The van der Waals surface area contributed by atoms with Gasteiger partial charge < -0.3 is 10.7 Å². The predicted molar refractivity (Wildman–Crippen MR) is 89.1 cm³/mol. The van der Waals surface area contributed by atoms with Crippen LogP contribution < -0.4 is 10.5 Å².